The molecular formula is C26H35N2O5+. The van der Waals surface area contributed by atoms with Gasteiger partial charge in [-0.05, 0) is 57.4 Å². The molecule has 1 amide bonds. The topological polar surface area (TPSA) is 81.7 Å². The van der Waals surface area contributed by atoms with Gasteiger partial charge in [0, 0.05) is 0 Å². The molecule has 0 aliphatic heterocycles. The summed E-state index contributed by atoms with van der Waals surface area (Å²) in [5.41, 5.74) is 3.37. The van der Waals surface area contributed by atoms with Crippen molar-refractivity contribution in [3.8, 4) is 0 Å². The molecule has 0 aliphatic rings. The van der Waals surface area contributed by atoms with Gasteiger partial charge in [-0.15, -0.1) is 0 Å². The van der Waals surface area contributed by atoms with Gasteiger partial charge < -0.3 is 19.3 Å². The monoisotopic (exact) mass is 455 g/mol. The maximum atomic E-state index is 13.0. The third kappa shape index (κ3) is 7.43. The summed E-state index contributed by atoms with van der Waals surface area (Å²) in [7, 11) is 0. The van der Waals surface area contributed by atoms with Crippen LogP contribution in [0.25, 0.3) is 0 Å². The minimum atomic E-state index is -0.476. The zero-order valence-electron chi connectivity index (χ0n) is 20.3. The van der Waals surface area contributed by atoms with Crippen LogP contribution in [0.15, 0.2) is 42.5 Å². The smallest absolute Gasteiger partial charge is 0.362 e. The van der Waals surface area contributed by atoms with Gasteiger partial charge in [0.1, 0.15) is 6.61 Å². The number of carbonyl (C=O) groups is 3. The Morgan fingerprint density at radius 2 is 1.58 bits per heavy atom. The number of aryl methyl sites for hydroxylation is 2. The lowest BCUT2D eigenvalue weighted by Gasteiger charge is -2.35. The number of likely N-dealkylation sites (N-methyl/N-ethyl adjacent to an activating group) is 1. The van der Waals surface area contributed by atoms with Crippen molar-refractivity contribution >= 4 is 23.5 Å². The number of benzene rings is 2. The molecule has 0 saturated carbocycles. The van der Waals surface area contributed by atoms with Crippen LogP contribution in [-0.2, 0) is 25.7 Å². The van der Waals surface area contributed by atoms with Gasteiger partial charge in [-0.25, -0.2) is 9.59 Å². The molecule has 0 saturated heterocycles. The molecule has 0 heterocycles. The third-order valence-electron chi connectivity index (χ3n) is 5.77. The van der Waals surface area contributed by atoms with Gasteiger partial charge >= 0.3 is 11.9 Å². The number of amides is 1. The second-order valence-electron chi connectivity index (χ2n) is 8.21. The normalized spacial score (nSPS) is 11.1. The molecule has 0 fully saturated rings. The number of quaternary nitrogens is 1. The summed E-state index contributed by atoms with van der Waals surface area (Å²) in [6.07, 6.45) is 0. The van der Waals surface area contributed by atoms with Crippen molar-refractivity contribution in [1.82, 2.24) is 0 Å². The summed E-state index contributed by atoms with van der Waals surface area (Å²) in [6, 6.07) is 13.1. The highest BCUT2D eigenvalue weighted by molar-refractivity contribution is 6.02. The SMILES string of the molecule is CCOC(=O)c1cc(C)cc(C)c1NC(=O)C[N+](CC)(CC)CC(=O)OCc1ccccc1. The molecule has 0 aliphatic carbocycles. The van der Waals surface area contributed by atoms with Crippen molar-refractivity contribution in [3.05, 3.63) is 64.7 Å². The zero-order valence-corrected chi connectivity index (χ0v) is 20.3. The number of hydrogen-bond acceptors (Lipinski definition) is 5. The largest absolute Gasteiger partial charge is 0.462 e. The Morgan fingerprint density at radius 1 is 0.909 bits per heavy atom. The molecule has 178 valence electrons. The van der Waals surface area contributed by atoms with Crippen LogP contribution in [0.5, 0.6) is 0 Å². The van der Waals surface area contributed by atoms with Crippen molar-refractivity contribution in [2.75, 3.05) is 38.1 Å². The fourth-order valence-electron chi connectivity index (χ4n) is 3.77. The fourth-order valence-corrected chi connectivity index (χ4v) is 3.77. The van der Waals surface area contributed by atoms with E-state index in [-0.39, 0.29) is 42.7 Å². The Kier molecular flexibility index (Phi) is 9.60. The lowest BCUT2D eigenvalue weighted by atomic mass is 10.0. The maximum absolute atomic E-state index is 13.0. The highest BCUT2D eigenvalue weighted by atomic mass is 16.5. The number of anilines is 1. The molecular weight excluding hydrogens is 420 g/mol. The van der Waals surface area contributed by atoms with Crippen LogP contribution in [0.3, 0.4) is 0 Å². The number of rotatable bonds is 11. The summed E-state index contributed by atoms with van der Waals surface area (Å²) in [5.74, 6) is -1.10. The standard InChI is InChI=1S/C26H34N2O5/c1-6-28(7-2,17-24(30)33-18-21-12-10-9-11-13-21)16-23(29)27-25-20(5)14-19(4)15-22(25)26(31)32-8-3/h9-15H,6-8,16-18H2,1-5H3/p+1. The van der Waals surface area contributed by atoms with Gasteiger partial charge in [-0.3, -0.25) is 4.79 Å². The van der Waals surface area contributed by atoms with Crippen LogP contribution in [0.4, 0.5) is 5.69 Å². The van der Waals surface area contributed by atoms with Crippen LogP contribution < -0.4 is 5.32 Å². The number of hydrogen-bond donors (Lipinski definition) is 1. The van der Waals surface area contributed by atoms with Crippen LogP contribution in [0, 0.1) is 13.8 Å². The highest BCUT2D eigenvalue weighted by Gasteiger charge is 2.31. The molecule has 33 heavy (non-hydrogen) atoms. The van der Waals surface area contributed by atoms with Crippen molar-refractivity contribution < 1.29 is 28.3 Å². The molecule has 7 heteroatoms. The van der Waals surface area contributed by atoms with Gasteiger partial charge in [0.2, 0.25) is 0 Å². The van der Waals surface area contributed by atoms with E-state index in [0.29, 0.717) is 24.3 Å². The molecule has 2 rings (SSSR count). The van der Waals surface area contributed by atoms with Crippen molar-refractivity contribution in [3.63, 3.8) is 0 Å². The average molecular weight is 456 g/mol. The number of ether oxygens (including phenoxy) is 2. The van der Waals surface area contributed by atoms with E-state index in [4.69, 9.17) is 9.47 Å². The second kappa shape index (κ2) is 12.2. The second-order valence-corrected chi connectivity index (χ2v) is 8.21. The first-order valence-corrected chi connectivity index (χ1v) is 11.4. The molecule has 0 bridgehead atoms. The van der Waals surface area contributed by atoms with Crippen molar-refractivity contribution in [1.29, 1.82) is 0 Å². The third-order valence-corrected chi connectivity index (χ3v) is 5.77. The first kappa shape index (κ1) is 26.1. The zero-order chi connectivity index (χ0) is 24.4. The van der Waals surface area contributed by atoms with E-state index in [0.717, 1.165) is 16.7 Å². The summed E-state index contributed by atoms with van der Waals surface area (Å²) in [5, 5.41) is 2.89. The van der Waals surface area contributed by atoms with Crippen molar-refractivity contribution in [2.24, 2.45) is 0 Å². The van der Waals surface area contributed by atoms with E-state index in [1.165, 1.54) is 0 Å². The molecule has 1 N–H and O–H groups in total. The van der Waals surface area contributed by atoms with Gasteiger partial charge in [0.05, 0.1) is 30.9 Å². The van der Waals surface area contributed by atoms with Crippen LogP contribution >= 0.6 is 0 Å². The predicted molar refractivity (Wildman–Crippen MR) is 128 cm³/mol. The Labute approximate surface area is 196 Å². The first-order chi connectivity index (χ1) is 15.7. The molecule has 0 unspecified atom stereocenters. The van der Waals surface area contributed by atoms with Crippen LogP contribution in [-0.4, -0.2) is 55.1 Å². The van der Waals surface area contributed by atoms with Gasteiger partial charge in [0.25, 0.3) is 5.91 Å². The lowest BCUT2D eigenvalue weighted by molar-refractivity contribution is -0.910. The Bertz CT molecular complexity index is 968. The number of nitrogens with one attached hydrogen (secondary N) is 1. The van der Waals surface area contributed by atoms with E-state index >= 15 is 0 Å². The molecule has 2 aromatic rings. The number of carbonyl (C=O) groups excluding carboxylic acids is 3. The van der Waals surface area contributed by atoms with Gasteiger partial charge in [0.15, 0.2) is 13.1 Å². The maximum Gasteiger partial charge on any atom is 0.362 e. The molecule has 0 radical (unpaired) electrons. The summed E-state index contributed by atoms with van der Waals surface area (Å²) in [4.78, 5) is 38.1. The van der Waals surface area contributed by atoms with E-state index in [2.05, 4.69) is 5.32 Å². The minimum Gasteiger partial charge on any atom is -0.462 e. The minimum absolute atomic E-state index is 0.0863. The summed E-state index contributed by atoms with van der Waals surface area (Å²) < 4.78 is 10.9. The summed E-state index contributed by atoms with van der Waals surface area (Å²) in [6.45, 7) is 11.2. The van der Waals surface area contributed by atoms with Crippen LogP contribution in [0.2, 0.25) is 0 Å². The quantitative estimate of drug-likeness (QED) is 0.409. The fraction of sp³-hybridized carbons (Fsp3) is 0.423. The molecule has 0 spiro atoms. The van der Waals surface area contributed by atoms with E-state index in [1.54, 1.807) is 13.0 Å². The Morgan fingerprint density at radius 3 is 2.18 bits per heavy atom. The highest BCUT2D eigenvalue weighted by Crippen LogP contribution is 2.24. The molecule has 2 aromatic carbocycles. The Balaban J connectivity index is 2.12. The van der Waals surface area contributed by atoms with Crippen LogP contribution in [0.1, 0.15) is 47.8 Å². The van der Waals surface area contributed by atoms with Gasteiger partial charge in [-0.1, -0.05) is 36.4 Å². The molecule has 7 nitrogen and oxygen atoms in total. The van der Waals surface area contributed by atoms with Gasteiger partial charge in [-0.2, -0.15) is 0 Å². The first-order valence-electron chi connectivity index (χ1n) is 11.4. The summed E-state index contributed by atoms with van der Waals surface area (Å²) >= 11 is 0. The number of esters is 2. The van der Waals surface area contributed by atoms with E-state index < -0.39 is 5.97 Å². The Hall–Kier alpha value is -3.19. The van der Waals surface area contributed by atoms with E-state index in [1.807, 2.05) is 64.1 Å². The number of nitrogens with zero attached hydrogens (tertiary/aromatic N) is 1. The predicted octanol–water partition coefficient (Wildman–Crippen LogP) is 4.02. The average Bonchev–Trinajstić information content (AvgIpc) is 2.79. The molecule has 0 aromatic heterocycles. The van der Waals surface area contributed by atoms with Crippen molar-refractivity contribution in [2.45, 2.75) is 41.2 Å². The van der Waals surface area contributed by atoms with E-state index in [9.17, 15) is 14.4 Å². The molecule has 0 atom stereocenters. The lowest BCUT2D eigenvalue weighted by Crippen LogP contribution is -2.55.